The Labute approximate surface area is 214 Å². The number of carbonyl (C=O) groups excluding carboxylic acids is 1. The van der Waals surface area contributed by atoms with Crippen LogP contribution in [-0.4, -0.2) is 39.7 Å². The van der Waals surface area contributed by atoms with Gasteiger partial charge in [-0.3, -0.25) is 4.90 Å². The maximum atomic E-state index is 12.7. The summed E-state index contributed by atoms with van der Waals surface area (Å²) in [5.41, 5.74) is 4.24. The lowest BCUT2D eigenvalue weighted by atomic mass is 9.94. The first-order chi connectivity index (χ1) is 18.1. The molecule has 0 aliphatic carbocycles. The predicted molar refractivity (Wildman–Crippen MR) is 135 cm³/mol. The van der Waals surface area contributed by atoms with Gasteiger partial charge in [-0.1, -0.05) is 54.6 Å². The van der Waals surface area contributed by atoms with Crippen LogP contribution in [-0.2, 0) is 35.5 Å². The molecular formula is C29H26N2O6. The van der Waals surface area contributed by atoms with Crippen molar-refractivity contribution in [3.8, 4) is 17.2 Å². The normalized spacial score (nSPS) is 14.6. The Balaban J connectivity index is 1.19. The van der Waals surface area contributed by atoms with Gasteiger partial charge in [0, 0.05) is 18.4 Å². The molecule has 0 bridgehead atoms. The van der Waals surface area contributed by atoms with Crippen LogP contribution >= 0.6 is 0 Å². The lowest BCUT2D eigenvalue weighted by Crippen LogP contribution is -2.48. The van der Waals surface area contributed by atoms with E-state index in [1.165, 1.54) is 4.90 Å². The van der Waals surface area contributed by atoms with E-state index in [0.29, 0.717) is 24.7 Å². The molecule has 1 N–H and O–H groups in total. The van der Waals surface area contributed by atoms with E-state index in [9.17, 15) is 14.7 Å². The summed E-state index contributed by atoms with van der Waals surface area (Å²) in [7, 11) is 0. The van der Waals surface area contributed by atoms with Crippen LogP contribution in [0, 0.1) is 0 Å². The van der Waals surface area contributed by atoms with Crippen LogP contribution in [0.1, 0.15) is 22.4 Å². The third kappa shape index (κ3) is 5.81. The topological polar surface area (TPSA) is 102 Å². The highest BCUT2D eigenvalue weighted by molar-refractivity contribution is 5.81. The summed E-state index contributed by atoms with van der Waals surface area (Å²) in [4.78, 5) is 30.5. The zero-order chi connectivity index (χ0) is 25.6. The smallest absolute Gasteiger partial charge is 0.411 e. The van der Waals surface area contributed by atoms with Gasteiger partial charge in [-0.05, 0) is 41.0 Å². The summed E-state index contributed by atoms with van der Waals surface area (Å²) in [5, 5.41) is 9.79. The number of carboxylic acids is 1. The molecule has 1 unspecified atom stereocenters. The van der Waals surface area contributed by atoms with Gasteiger partial charge in [0.15, 0.2) is 0 Å². The van der Waals surface area contributed by atoms with Crippen LogP contribution < -0.4 is 4.74 Å². The van der Waals surface area contributed by atoms with Crippen molar-refractivity contribution in [3.63, 3.8) is 0 Å². The minimum atomic E-state index is -1.08. The quantitative estimate of drug-likeness (QED) is 0.360. The van der Waals surface area contributed by atoms with E-state index in [2.05, 4.69) is 4.98 Å². The minimum absolute atomic E-state index is 0.0838. The third-order valence-corrected chi connectivity index (χ3v) is 6.23. The van der Waals surface area contributed by atoms with Crippen LogP contribution in [0.25, 0.3) is 11.5 Å². The molecule has 0 spiro atoms. The molecule has 37 heavy (non-hydrogen) atoms. The van der Waals surface area contributed by atoms with E-state index < -0.39 is 18.1 Å². The van der Waals surface area contributed by atoms with Gasteiger partial charge < -0.3 is 19.0 Å². The number of oxazole rings is 1. The molecule has 188 valence electrons. The maximum Gasteiger partial charge on any atom is 0.411 e. The Hall–Kier alpha value is -4.59. The van der Waals surface area contributed by atoms with Crippen molar-refractivity contribution in [2.75, 3.05) is 6.61 Å². The second-order valence-corrected chi connectivity index (χ2v) is 8.77. The number of hydrogen-bond acceptors (Lipinski definition) is 6. The molecule has 0 fully saturated rings. The van der Waals surface area contributed by atoms with E-state index in [0.717, 1.165) is 27.9 Å². The zero-order valence-electron chi connectivity index (χ0n) is 20.1. The van der Waals surface area contributed by atoms with E-state index in [1.54, 1.807) is 6.26 Å². The first-order valence-corrected chi connectivity index (χ1v) is 12.0. The number of fused-ring (bicyclic) bond motifs is 1. The molecule has 5 rings (SSSR count). The number of rotatable bonds is 8. The van der Waals surface area contributed by atoms with Crippen molar-refractivity contribution in [2.24, 2.45) is 0 Å². The lowest BCUT2D eigenvalue weighted by Gasteiger charge is -2.33. The second kappa shape index (κ2) is 11.0. The summed E-state index contributed by atoms with van der Waals surface area (Å²) in [5.74, 6) is 0.125. The number of carbonyl (C=O) groups is 2. The molecule has 1 amide bonds. The van der Waals surface area contributed by atoms with Gasteiger partial charge in [-0.15, -0.1) is 0 Å². The van der Waals surface area contributed by atoms with E-state index in [4.69, 9.17) is 13.9 Å². The van der Waals surface area contributed by atoms with E-state index >= 15 is 0 Å². The fraction of sp³-hybridized carbons (Fsp3) is 0.207. The number of hydrogen-bond donors (Lipinski definition) is 1. The Morgan fingerprint density at radius 2 is 1.76 bits per heavy atom. The number of amides is 1. The maximum absolute atomic E-state index is 12.7. The monoisotopic (exact) mass is 498 g/mol. The molecular weight excluding hydrogens is 472 g/mol. The van der Waals surface area contributed by atoms with Gasteiger partial charge in [0.05, 0.1) is 18.8 Å². The molecule has 0 radical (unpaired) electrons. The number of carboxylic acid groups (broad SMARTS) is 1. The highest BCUT2D eigenvalue weighted by Crippen LogP contribution is 2.28. The van der Waals surface area contributed by atoms with Gasteiger partial charge in [0.2, 0.25) is 5.89 Å². The van der Waals surface area contributed by atoms with Gasteiger partial charge in [0.25, 0.3) is 0 Å². The van der Waals surface area contributed by atoms with Crippen molar-refractivity contribution in [1.82, 2.24) is 9.88 Å². The summed E-state index contributed by atoms with van der Waals surface area (Å²) in [6.07, 6.45) is 1.71. The zero-order valence-corrected chi connectivity index (χ0v) is 20.1. The largest absolute Gasteiger partial charge is 0.493 e. The van der Waals surface area contributed by atoms with Crippen LogP contribution in [0.4, 0.5) is 4.79 Å². The molecule has 4 aromatic rings. The van der Waals surface area contributed by atoms with Crippen LogP contribution in [0.5, 0.6) is 5.75 Å². The summed E-state index contributed by atoms with van der Waals surface area (Å²) in [6.45, 7) is 0.627. The predicted octanol–water partition coefficient (Wildman–Crippen LogP) is 5.11. The Kier molecular flexibility index (Phi) is 7.16. The van der Waals surface area contributed by atoms with Crippen molar-refractivity contribution in [2.45, 2.75) is 32.0 Å². The molecule has 1 aliphatic heterocycles. The average Bonchev–Trinajstić information content (AvgIpc) is 3.41. The molecule has 1 aliphatic rings. The summed E-state index contributed by atoms with van der Waals surface area (Å²) < 4.78 is 16.9. The number of aromatic nitrogens is 1. The second-order valence-electron chi connectivity index (χ2n) is 8.77. The molecule has 0 saturated carbocycles. The molecule has 3 aromatic carbocycles. The number of aliphatic carboxylic acids is 1. The molecule has 0 saturated heterocycles. The minimum Gasteiger partial charge on any atom is -0.493 e. The lowest BCUT2D eigenvalue weighted by molar-refractivity contribution is -0.143. The average molecular weight is 499 g/mol. The fourth-order valence-electron chi connectivity index (χ4n) is 4.27. The molecule has 1 atom stereocenters. The van der Waals surface area contributed by atoms with Crippen molar-refractivity contribution in [1.29, 1.82) is 0 Å². The number of benzene rings is 3. The molecule has 1 aromatic heterocycles. The molecule has 2 heterocycles. The molecule has 8 nitrogen and oxygen atoms in total. The molecule has 8 heteroatoms. The number of nitrogens with zero attached hydrogens (tertiary/aromatic N) is 2. The van der Waals surface area contributed by atoms with E-state index in [1.807, 2.05) is 78.9 Å². The summed E-state index contributed by atoms with van der Waals surface area (Å²) in [6, 6.07) is 23.5. The van der Waals surface area contributed by atoms with E-state index in [-0.39, 0.29) is 19.6 Å². The van der Waals surface area contributed by atoms with Crippen molar-refractivity contribution < 1.29 is 28.6 Å². The van der Waals surface area contributed by atoms with Gasteiger partial charge >= 0.3 is 12.1 Å². The van der Waals surface area contributed by atoms with Crippen molar-refractivity contribution >= 4 is 12.1 Å². The Bertz CT molecular complexity index is 1370. The van der Waals surface area contributed by atoms with Crippen LogP contribution in [0.15, 0.2) is 89.5 Å². The van der Waals surface area contributed by atoms with Crippen LogP contribution in [0.3, 0.4) is 0 Å². The first-order valence-electron chi connectivity index (χ1n) is 12.0. The first kappa shape index (κ1) is 24.1. The standard InChI is InChI=1S/C29H26N2O6/c32-28(33)26-16-23-15-25(35-14-13-24-19-36-27(30-24)21-9-5-2-6-10-21)12-11-22(23)17-31(26)29(34)37-18-20-7-3-1-4-8-20/h1-12,15,19,26H,13-14,16-18H2,(H,32,33). The van der Waals surface area contributed by atoms with Gasteiger partial charge in [-0.2, -0.15) is 0 Å². The number of ether oxygens (including phenoxy) is 2. The third-order valence-electron chi connectivity index (χ3n) is 6.23. The van der Waals surface area contributed by atoms with Crippen LogP contribution in [0.2, 0.25) is 0 Å². The highest BCUT2D eigenvalue weighted by Gasteiger charge is 2.35. The Morgan fingerprint density at radius 1 is 1.00 bits per heavy atom. The Morgan fingerprint density at radius 3 is 2.51 bits per heavy atom. The highest BCUT2D eigenvalue weighted by atomic mass is 16.6. The van der Waals surface area contributed by atoms with Crippen molar-refractivity contribution in [3.05, 3.63) is 108 Å². The SMILES string of the molecule is O=C(O)C1Cc2cc(OCCc3coc(-c4ccccc4)n3)ccc2CN1C(=O)OCc1ccccc1. The van der Waals surface area contributed by atoms with Gasteiger partial charge in [0.1, 0.15) is 24.7 Å². The fourth-order valence-corrected chi connectivity index (χ4v) is 4.27. The summed E-state index contributed by atoms with van der Waals surface area (Å²) >= 11 is 0. The van der Waals surface area contributed by atoms with Gasteiger partial charge in [-0.25, -0.2) is 14.6 Å².